The number of hydrogen-bond donors (Lipinski definition) is 2. The normalized spacial score (nSPS) is 17.0. The molecule has 1 fully saturated rings. The van der Waals surface area contributed by atoms with E-state index in [4.69, 9.17) is 4.74 Å². The van der Waals surface area contributed by atoms with E-state index in [9.17, 15) is 13.2 Å². The second-order valence-corrected chi connectivity index (χ2v) is 7.66. The third-order valence-corrected chi connectivity index (χ3v) is 5.45. The molecule has 4 nitrogen and oxygen atoms in total. The fourth-order valence-corrected chi connectivity index (χ4v) is 3.64. The van der Waals surface area contributed by atoms with Crippen molar-refractivity contribution in [1.29, 1.82) is 0 Å². The topological polar surface area (TPSA) is 49.9 Å². The number of benzene rings is 1. The number of hydrogen-bond acceptors (Lipinski definition) is 3. The van der Waals surface area contributed by atoms with Crippen molar-refractivity contribution in [1.82, 2.24) is 15.3 Å². The van der Waals surface area contributed by atoms with E-state index in [1.165, 1.54) is 12.1 Å². The van der Waals surface area contributed by atoms with E-state index in [2.05, 4.69) is 22.2 Å². The molecule has 0 unspecified atom stereocenters. The number of ether oxygens (including phenoxy) is 1. The Morgan fingerprint density at radius 2 is 1.82 bits per heavy atom. The largest absolute Gasteiger partial charge is 0.492 e. The molecule has 2 N–H and O–H groups in total. The van der Waals surface area contributed by atoms with E-state index >= 15 is 0 Å². The molecular formula is C21H22F3N3O. The first kappa shape index (κ1) is 18.8. The third-order valence-electron chi connectivity index (χ3n) is 5.45. The Hall–Kier alpha value is -2.54. The minimum absolute atomic E-state index is 0.103. The minimum atomic E-state index is -4.35. The minimum Gasteiger partial charge on any atom is -0.492 e. The van der Waals surface area contributed by atoms with Crippen molar-refractivity contribution in [2.45, 2.75) is 25.9 Å². The summed E-state index contributed by atoms with van der Waals surface area (Å²) in [5.74, 6) is 0.695. The van der Waals surface area contributed by atoms with Gasteiger partial charge in [-0.05, 0) is 49.7 Å². The van der Waals surface area contributed by atoms with E-state index in [0.717, 1.165) is 49.0 Å². The van der Waals surface area contributed by atoms with E-state index in [1.54, 1.807) is 12.4 Å². The molecule has 0 spiro atoms. The van der Waals surface area contributed by atoms with Crippen LogP contribution in [0.2, 0.25) is 0 Å². The average Bonchev–Trinajstić information content (AvgIpc) is 3.11. The predicted molar refractivity (Wildman–Crippen MR) is 102 cm³/mol. The summed E-state index contributed by atoms with van der Waals surface area (Å²) >= 11 is 0. The first-order chi connectivity index (χ1) is 13.4. The molecule has 3 aromatic rings. The van der Waals surface area contributed by atoms with Crippen LogP contribution in [-0.4, -0.2) is 29.7 Å². The number of piperidine rings is 1. The number of rotatable bonds is 4. The van der Waals surface area contributed by atoms with Gasteiger partial charge in [-0.25, -0.2) is 4.98 Å². The van der Waals surface area contributed by atoms with E-state index in [1.807, 2.05) is 6.07 Å². The Morgan fingerprint density at radius 1 is 1.11 bits per heavy atom. The molecule has 2 aromatic heterocycles. The van der Waals surface area contributed by atoms with Crippen LogP contribution in [0.3, 0.4) is 0 Å². The summed E-state index contributed by atoms with van der Waals surface area (Å²) in [5.41, 5.74) is 1.56. The van der Waals surface area contributed by atoms with Gasteiger partial charge in [0.15, 0.2) is 0 Å². The van der Waals surface area contributed by atoms with Gasteiger partial charge in [0.05, 0.1) is 17.6 Å². The van der Waals surface area contributed by atoms with E-state index in [-0.39, 0.29) is 5.41 Å². The first-order valence-electron chi connectivity index (χ1n) is 9.33. The smallest absolute Gasteiger partial charge is 0.416 e. The summed E-state index contributed by atoms with van der Waals surface area (Å²) in [4.78, 5) is 7.43. The standard InChI is InChI=1S/C21H22F3N3O/c1-20(7-10-25-11-8-20)13-28-17-6-9-26-19-18(17)16(12-27-19)14-2-4-15(5-3-14)21(22,23)24/h2-6,9,12,25H,7-8,10-11,13H2,1H3,(H,26,27). The molecule has 0 atom stereocenters. The number of aromatic amines is 1. The zero-order valence-corrected chi connectivity index (χ0v) is 15.6. The van der Waals surface area contributed by atoms with Crippen LogP contribution >= 0.6 is 0 Å². The molecule has 7 heteroatoms. The molecule has 0 aliphatic carbocycles. The van der Waals surface area contributed by atoms with Crippen LogP contribution < -0.4 is 10.1 Å². The number of pyridine rings is 1. The Balaban J connectivity index is 1.65. The SMILES string of the molecule is CC1(COc2ccnc3[nH]cc(-c4ccc(C(F)(F)F)cc4)c23)CCNCC1. The number of H-pyrrole nitrogens is 1. The lowest BCUT2D eigenvalue weighted by Gasteiger charge is -2.33. The van der Waals surface area contributed by atoms with Crippen molar-refractivity contribution in [3.8, 4) is 16.9 Å². The van der Waals surface area contributed by atoms with Crippen molar-refractivity contribution in [2.75, 3.05) is 19.7 Å². The summed E-state index contributed by atoms with van der Waals surface area (Å²) in [6.45, 7) is 4.77. The maximum atomic E-state index is 12.9. The number of nitrogens with zero attached hydrogens (tertiary/aromatic N) is 1. The summed E-state index contributed by atoms with van der Waals surface area (Å²) in [5, 5.41) is 4.15. The number of alkyl halides is 3. The molecule has 1 saturated heterocycles. The number of halogens is 3. The molecule has 0 saturated carbocycles. The highest BCUT2D eigenvalue weighted by Crippen LogP contribution is 2.37. The van der Waals surface area contributed by atoms with Gasteiger partial charge in [-0.3, -0.25) is 0 Å². The van der Waals surface area contributed by atoms with Crippen LogP contribution in [0, 0.1) is 5.41 Å². The second kappa shape index (κ2) is 7.13. The highest BCUT2D eigenvalue weighted by Gasteiger charge is 2.30. The molecule has 3 heterocycles. The van der Waals surface area contributed by atoms with Crippen molar-refractivity contribution < 1.29 is 17.9 Å². The van der Waals surface area contributed by atoms with Gasteiger partial charge in [0.2, 0.25) is 0 Å². The Bertz CT molecular complexity index is 957. The fourth-order valence-electron chi connectivity index (χ4n) is 3.64. The van der Waals surface area contributed by atoms with Crippen LogP contribution in [0.25, 0.3) is 22.2 Å². The first-order valence-corrected chi connectivity index (χ1v) is 9.33. The van der Waals surface area contributed by atoms with Gasteiger partial charge in [-0.2, -0.15) is 13.2 Å². The number of nitrogens with one attached hydrogen (secondary N) is 2. The Kier molecular flexibility index (Phi) is 4.79. The van der Waals surface area contributed by atoms with Crippen LogP contribution in [0.4, 0.5) is 13.2 Å². The lowest BCUT2D eigenvalue weighted by atomic mass is 9.82. The summed E-state index contributed by atoms with van der Waals surface area (Å²) in [6.07, 6.45) is 1.17. The molecule has 0 radical (unpaired) electrons. The quantitative estimate of drug-likeness (QED) is 0.659. The molecule has 0 bridgehead atoms. The third kappa shape index (κ3) is 3.71. The molecule has 148 valence electrons. The molecule has 4 rings (SSSR count). The summed E-state index contributed by atoms with van der Waals surface area (Å²) in [6, 6.07) is 6.98. The molecule has 1 aliphatic heterocycles. The summed E-state index contributed by atoms with van der Waals surface area (Å²) in [7, 11) is 0. The zero-order chi connectivity index (χ0) is 19.8. The molecular weight excluding hydrogens is 367 g/mol. The average molecular weight is 389 g/mol. The van der Waals surface area contributed by atoms with Crippen molar-refractivity contribution in [2.24, 2.45) is 5.41 Å². The number of fused-ring (bicyclic) bond motifs is 1. The van der Waals surface area contributed by atoms with Gasteiger partial charge in [-0.1, -0.05) is 19.1 Å². The molecule has 28 heavy (non-hydrogen) atoms. The summed E-state index contributed by atoms with van der Waals surface area (Å²) < 4.78 is 44.7. The zero-order valence-electron chi connectivity index (χ0n) is 15.6. The van der Waals surface area contributed by atoms with Crippen molar-refractivity contribution in [3.63, 3.8) is 0 Å². The molecule has 0 amide bonds. The Morgan fingerprint density at radius 3 is 2.50 bits per heavy atom. The van der Waals surface area contributed by atoms with Crippen LogP contribution in [0.1, 0.15) is 25.3 Å². The maximum absolute atomic E-state index is 12.9. The lowest BCUT2D eigenvalue weighted by Crippen LogP contribution is -2.38. The van der Waals surface area contributed by atoms with Gasteiger partial charge < -0.3 is 15.0 Å². The lowest BCUT2D eigenvalue weighted by molar-refractivity contribution is -0.137. The molecule has 1 aliphatic rings. The monoisotopic (exact) mass is 389 g/mol. The fraction of sp³-hybridized carbons (Fsp3) is 0.381. The molecule has 1 aromatic carbocycles. The highest BCUT2D eigenvalue weighted by atomic mass is 19.4. The van der Waals surface area contributed by atoms with Crippen molar-refractivity contribution >= 4 is 11.0 Å². The van der Waals surface area contributed by atoms with Gasteiger partial charge >= 0.3 is 6.18 Å². The Labute approximate surface area is 161 Å². The highest BCUT2D eigenvalue weighted by molar-refractivity contribution is 5.98. The van der Waals surface area contributed by atoms with Gasteiger partial charge in [0, 0.05) is 23.4 Å². The van der Waals surface area contributed by atoms with E-state index < -0.39 is 11.7 Å². The van der Waals surface area contributed by atoms with Crippen molar-refractivity contribution in [3.05, 3.63) is 48.3 Å². The number of aromatic nitrogens is 2. The van der Waals surface area contributed by atoms with Gasteiger partial charge in [0.1, 0.15) is 11.4 Å². The van der Waals surface area contributed by atoms with Crippen LogP contribution in [0.5, 0.6) is 5.75 Å². The maximum Gasteiger partial charge on any atom is 0.416 e. The van der Waals surface area contributed by atoms with Gasteiger partial charge in [0.25, 0.3) is 0 Å². The van der Waals surface area contributed by atoms with E-state index in [0.29, 0.717) is 23.6 Å². The predicted octanol–water partition coefficient (Wildman–Crippen LogP) is 5.02. The van der Waals surface area contributed by atoms with Crippen LogP contribution in [0.15, 0.2) is 42.7 Å². The van der Waals surface area contributed by atoms with Gasteiger partial charge in [-0.15, -0.1) is 0 Å². The van der Waals surface area contributed by atoms with Crippen LogP contribution in [-0.2, 0) is 6.18 Å². The second-order valence-electron chi connectivity index (χ2n) is 7.66.